The SMILES string of the molecule is Cc1ccc(O)c(C[NH3+])c1. The zero-order chi connectivity index (χ0) is 7.56. The van der Waals surface area contributed by atoms with Crippen molar-refractivity contribution in [3.05, 3.63) is 29.3 Å². The number of aromatic hydroxyl groups is 1. The van der Waals surface area contributed by atoms with E-state index in [1.165, 1.54) is 0 Å². The summed E-state index contributed by atoms with van der Waals surface area (Å²) in [6, 6.07) is 5.53. The van der Waals surface area contributed by atoms with Crippen LogP contribution in [0, 0.1) is 6.92 Å². The number of aryl methyl sites for hydroxylation is 1. The molecule has 2 heteroatoms. The molecule has 0 unspecified atom stereocenters. The smallest absolute Gasteiger partial charge is 0.124 e. The lowest BCUT2D eigenvalue weighted by Crippen LogP contribution is -2.47. The number of quaternary nitrogens is 1. The van der Waals surface area contributed by atoms with Crippen LogP contribution in [0.5, 0.6) is 5.75 Å². The highest BCUT2D eigenvalue weighted by molar-refractivity contribution is 5.34. The van der Waals surface area contributed by atoms with E-state index in [1.54, 1.807) is 6.07 Å². The number of hydrogen-bond donors (Lipinski definition) is 2. The Bertz CT molecular complexity index is 233. The van der Waals surface area contributed by atoms with E-state index in [9.17, 15) is 5.11 Å². The highest BCUT2D eigenvalue weighted by Gasteiger charge is 1.98. The van der Waals surface area contributed by atoms with Gasteiger partial charge in [-0.1, -0.05) is 11.6 Å². The normalized spacial score (nSPS) is 9.80. The largest absolute Gasteiger partial charge is 0.507 e. The van der Waals surface area contributed by atoms with E-state index in [0.717, 1.165) is 11.1 Å². The van der Waals surface area contributed by atoms with Crippen molar-refractivity contribution in [2.75, 3.05) is 0 Å². The summed E-state index contributed by atoms with van der Waals surface area (Å²) < 4.78 is 0. The van der Waals surface area contributed by atoms with Crippen LogP contribution in [-0.4, -0.2) is 5.11 Å². The monoisotopic (exact) mass is 138 g/mol. The van der Waals surface area contributed by atoms with Crippen LogP contribution in [0.4, 0.5) is 0 Å². The first-order chi connectivity index (χ1) is 4.74. The van der Waals surface area contributed by atoms with Crippen molar-refractivity contribution in [3.63, 3.8) is 0 Å². The molecule has 0 saturated carbocycles. The fourth-order valence-electron chi connectivity index (χ4n) is 0.915. The van der Waals surface area contributed by atoms with Gasteiger partial charge in [-0.2, -0.15) is 0 Å². The van der Waals surface area contributed by atoms with Crippen molar-refractivity contribution < 1.29 is 10.8 Å². The minimum absolute atomic E-state index is 0.348. The molecule has 0 aliphatic heterocycles. The molecule has 0 aromatic heterocycles. The summed E-state index contributed by atoms with van der Waals surface area (Å²) >= 11 is 0. The number of rotatable bonds is 1. The van der Waals surface area contributed by atoms with Gasteiger partial charge in [0.2, 0.25) is 0 Å². The van der Waals surface area contributed by atoms with Crippen molar-refractivity contribution in [2.45, 2.75) is 13.5 Å². The van der Waals surface area contributed by atoms with Crippen LogP contribution in [-0.2, 0) is 6.54 Å². The Labute approximate surface area is 60.3 Å². The molecular formula is C8H12NO+. The van der Waals surface area contributed by atoms with Crippen molar-refractivity contribution in [3.8, 4) is 5.75 Å². The number of phenolic OH excluding ortho intramolecular Hbond substituents is 1. The maximum atomic E-state index is 9.19. The number of benzene rings is 1. The first kappa shape index (κ1) is 7.09. The summed E-state index contributed by atoms with van der Waals surface area (Å²) in [5.74, 6) is 0.348. The van der Waals surface area contributed by atoms with Gasteiger partial charge < -0.3 is 10.8 Å². The lowest BCUT2D eigenvalue weighted by molar-refractivity contribution is -0.386. The van der Waals surface area contributed by atoms with Crippen LogP contribution >= 0.6 is 0 Å². The number of hydrogen-bond acceptors (Lipinski definition) is 1. The van der Waals surface area contributed by atoms with Crippen LogP contribution in [0.1, 0.15) is 11.1 Å². The first-order valence-corrected chi connectivity index (χ1v) is 3.32. The summed E-state index contributed by atoms with van der Waals surface area (Å²) in [7, 11) is 0. The Kier molecular flexibility index (Phi) is 1.92. The highest BCUT2D eigenvalue weighted by Crippen LogP contribution is 2.16. The molecule has 54 valence electrons. The van der Waals surface area contributed by atoms with Gasteiger partial charge in [0.15, 0.2) is 0 Å². The fourth-order valence-corrected chi connectivity index (χ4v) is 0.915. The summed E-state index contributed by atoms with van der Waals surface area (Å²) in [6.45, 7) is 2.64. The van der Waals surface area contributed by atoms with Gasteiger partial charge in [0.25, 0.3) is 0 Å². The molecule has 0 aliphatic rings. The minimum atomic E-state index is 0.348. The second-order valence-electron chi connectivity index (χ2n) is 2.38. The van der Waals surface area contributed by atoms with Crippen LogP contribution in [0.3, 0.4) is 0 Å². The van der Waals surface area contributed by atoms with Crippen molar-refractivity contribution >= 4 is 0 Å². The molecular weight excluding hydrogens is 126 g/mol. The molecule has 0 atom stereocenters. The first-order valence-electron chi connectivity index (χ1n) is 3.32. The molecule has 2 nitrogen and oxygen atoms in total. The van der Waals surface area contributed by atoms with Gasteiger partial charge in [0, 0.05) is 5.56 Å². The predicted octanol–water partition coefficient (Wildman–Crippen LogP) is 0.443. The van der Waals surface area contributed by atoms with E-state index in [2.05, 4.69) is 5.73 Å². The molecule has 1 rings (SSSR count). The molecule has 0 amide bonds. The lowest BCUT2D eigenvalue weighted by Gasteiger charge is -1.99. The van der Waals surface area contributed by atoms with Crippen molar-refractivity contribution in [1.29, 1.82) is 0 Å². The van der Waals surface area contributed by atoms with E-state index in [4.69, 9.17) is 0 Å². The van der Waals surface area contributed by atoms with Gasteiger partial charge in [-0.05, 0) is 19.1 Å². The Morgan fingerprint density at radius 1 is 1.50 bits per heavy atom. The molecule has 0 aliphatic carbocycles. The fraction of sp³-hybridized carbons (Fsp3) is 0.250. The third kappa shape index (κ3) is 1.28. The van der Waals surface area contributed by atoms with Gasteiger partial charge >= 0.3 is 0 Å². The van der Waals surface area contributed by atoms with Crippen molar-refractivity contribution in [2.24, 2.45) is 0 Å². The quantitative estimate of drug-likeness (QED) is 0.581. The summed E-state index contributed by atoms with van der Waals surface area (Å²) in [5, 5.41) is 9.19. The molecule has 10 heavy (non-hydrogen) atoms. The Hall–Kier alpha value is -1.02. The zero-order valence-corrected chi connectivity index (χ0v) is 6.09. The molecule has 4 N–H and O–H groups in total. The highest BCUT2D eigenvalue weighted by atomic mass is 16.3. The second-order valence-corrected chi connectivity index (χ2v) is 2.38. The molecule has 0 radical (unpaired) electrons. The average Bonchev–Trinajstić information content (AvgIpc) is 1.94. The summed E-state index contributed by atoms with van der Waals surface area (Å²) in [6.07, 6.45) is 0. The molecule has 1 aromatic rings. The maximum absolute atomic E-state index is 9.19. The van der Waals surface area contributed by atoms with E-state index in [0.29, 0.717) is 12.3 Å². The molecule has 0 heterocycles. The van der Waals surface area contributed by atoms with E-state index in [1.807, 2.05) is 19.1 Å². The molecule has 0 spiro atoms. The topological polar surface area (TPSA) is 47.9 Å². The van der Waals surface area contributed by atoms with Gasteiger partial charge in [0.1, 0.15) is 12.3 Å². The van der Waals surface area contributed by atoms with E-state index >= 15 is 0 Å². The Morgan fingerprint density at radius 3 is 2.70 bits per heavy atom. The minimum Gasteiger partial charge on any atom is -0.507 e. The average molecular weight is 138 g/mol. The Morgan fingerprint density at radius 2 is 2.20 bits per heavy atom. The van der Waals surface area contributed by atoms with Gasteiger partial charge in [-0.3, -0.25) is 0 Å². The molecule has 1 aromatic carbocycles. The third-order valence-corrected chi connectivity index (χ3v) is 1.50. The summed E-state index contributed by atoms with van der Waals surface area (Å²) in [5.41, 5.74) is 5.78. The third-order valence-electron chi connectivity index (χ3n) is 1.50. The lowest BCUT2D eigenvalue weighted by atomic mass is 10.1. The second kappa shape index (κ2) is 2.71. The zero-order valence-electron chi connectivity index (χ0n) is 6.09. The van der Waals surface area contributed by atoms with Gasteiger partial charge in [0.05, 0.1) is 0 Å². The van der Waals surface area contributed by atoms with Crippen LogP contribution in [0.15, 0.2) is 18.2 Å². The standard InChI is InChI=1S/C8H11NO/c1-6-2-3-8(10)7(4-6)5-9/h2-4,10H,5,9H2,1H3/p+1. The van der Waals surface area contributed by atoms with Crippen LogP contribution < -0.4 is 5.73 Å². The number of phenols is 1. The molecule has 0 fully saturated rings. The predicted molar refractivity (Wildman–Crippen MR) is 39.4 cm³/mol. The van der Waals surface area contributed by atoms with Gasteiger partial charge in [-0.25, -0.2) is 0 Å². The van der Waals surface area contributed by atoms with E-state index < -0.39 is 0 Å². The molecule has 0 bridgehead atoms. The maximum Gasteiger partial charge on any atom is 0.124 e. The summed E-state index contributed by atoms with van der Waals surface area (Å²) in [4.78, 5) is 0. The Balaban J connectivity index is 3.09. The van der Waals surface area contributed by atoms with Crippen LogP contribution in [0.2, 0.25) is 0 Å². The van der Waals surface area contributed by atoms with Gasteiger partial charge in [-0.15, -0.1) is 0 Å². The van der Waals surface area contributed by atoms with E-state index in [-0.39, 0.29) is 0 Å². The molecule has 0 saturated heterocycles. The van der Waals surface area contributed by atoms with Crippen molar-refractivity contribution in [1.82, 2.24) is 0 Å². The van der Waals surface area contributed by atoms with Crippen LogP contribution in [0.25, 0.3) is 0 Å².